The molecule has 1 amide bonds. The quantitative estimate of drug-likeness (QED) is 0.894. The second-order valence-electron chi connectivity index (χ2n) is 4.93. The highest BCUT2D eigenvalue weighted by molar-refractivity contribution is 5.83. The second-order valence-corrected chi connectivity index (χ2v) is 4.93. The van der Waals surface area contributed by atoms with E-state index in [1.807, 2.05) is 23.8 Å². The maximum atomic E-state index is 11.9. The van der Waals surface area contributed by atoms with E-state index < -0.39 is 0 Å². The number of nitrogens with zero attached hydrogens (tertiary/aromatic N) is 1. The summed E-state index contributed by atoms with van der Waals surface area (Å²) in [7, 11) is 1.63. The second kappa shape index (κ2) is 5.89. The van der Waals surface area contributed by atoms with Crippen LogP contribution in [0.2, 0.25) is 0 Å². The van der Waals surface area contributed by atoms with Crippen LogP contribution in [0.3, 0.4) is 0 Å². The van der Waals surface area contributed by atoms with Crippen molar-refractivity contribution < 1.29 is 9.53 Å². The fourth-order valence-corrected chi connectivity index (χ4v) is 2.22. The minimum atomic E-state index is 0.00243. The average molecular weight is 260 g/mol. The number of fused-ring (bicyclic) bond motifs is 1. The Morgan fingerprint density at radius 2 is 2.21 bits per heavy atom. The average Bonchev–Trinajstić information content (AvgIpc) is 2.71. The fourth-order valence-electron chi connectivity index (χ4n) is 2.22. The van der Waals surface area contributed by atoms with Crippen molar-refractivity contribution >= 4 is 16.8 Å². The van der Waals surface area contributed by atoms with E-state index in [4.69, 9.17) is 4.74 Å². The van der Waals surface area contributed by atoms with Crippen LogP contribution in [0, 0.1) is 6.92 Å². The lowest BCUT2D eigenvalue weighted by Gasteiger charge is -2.13. The van der Waals surface area contributed by atoms with E-state index in [0.717, 1.165) is 10.9 Å². The number of aromatic nitrogens is 1. The Kier molecular flexibility index (Phi) is 4.22. The molecule has 1 heterocycles. The van der Waals surface area contributed by atoms with Crippen LogP contribution in [0.1, 0.15) is 12.5 Å². The Balaban J connectivity index is 2.07. The van der Waals surface area contributed by atoms with Gasteiger partial charge in [-0.2, -0.15) is 0 Å². The van der Waals surface area contributed by atoms with Gasteiger partial charge in [0.1, 0.15) is 6.54 Å². The number of hydrogen-bond donors (Lipinski definition) is 1. The third kappa shape index (κ3) is 3.35. The molecule has 4 heteroatoms. The minimum absolute atomic E-state index is 0.00243. The van der Waals surface area contributed by atoms with Gasteiger partial charge in [-0.15, -0.1) is 0 Å². The Bertz CT molecular complexity index is 575. The first kappa shape index (κ1) is 13.6. The molecule has 1 N–H and O–H groups in total. The van der Waals surface area contributed by atoms with Crippen molar-refractivity contribution in [1.82, 2.24) is 9.88 Å². The SMILES string of the molecule is COCC(C)NC(=O)Cn1ccc2cc(C)ccc21. The first-order valence-corrected chi connectivity index (χ1v) is 6.44. The van der Waals surface area contributed by atoms with Gasteiger partial charge in [0.2, 0.25) is 5.91 Å². The van der Waals surface area contributed by atoms with E-state index >= 15 is 0 Å². The van der Waals surface area contributed by atoms with Gasteiger partial charge in [-0.05, 0) is 37.4 Å². The maximum Gasteiger partial charge on any atom is 0.240 e. The van der Waals surface area contributed by atoms with E-state index in [2.05, 4.69) is 30.4 Å². The summed E-state index contributed by atoms with van der Waals surface area (Å²) >= 11 is 0. The molecule has 0 fully saturated rings. The Labute approximate surface area is 113 Å². The molecular formula is C15H20N2O2. The molecule has 4 nitrogen and oxygen atoms in total. The summed E-state index contributed by atoms with van der Waals surface area (Å²) in [6, 6.07) is 8.30. The van der Waals surface area contributed by atoms with Gasteiger partial charge >= 0.3 is 0 Å². The Morgan fingerprint density at radius 1 is 1.42 bits per heavy atom. The third-order valence-electron chi connectivity index (χ3n) is 3.06. The zero-order chi connectivity index (χ0) is 13.8. The summed E-state index contributed by atoms with van der Waals surface area (Å²) < 4.78 is 6.96. The molecule has 2 aromatic rings. The van der Waals surface area contributed by atoms with Gasteiger partial charge < -0.3 is 14.6 Å². The zero-order valence-corrected chi connectivity index (χ0v) is 11.6. The van der Waals surface area contributed by atoms with Gasteiger partial charge in [0.05, 0.1) is 6.61 Å². The van der Waals surface area contributed by atoms with Crippen LogP contribution in [-0.4, -0.2) is 30.2 Å². The van der Waals surface area contributed by atoms with Gasteiger partial charge in [-0.25, -0.2) is 0 Å². The lowest BCUT2D eigenvalue weighted by atomic mass is 10.2. The largest absolute Gasteiger partial charge is 0.383 e. The van der Waals surface area contributed by atoms with Crippen LogP contribution in [0.5, 0.6) is 0 Å². The number of rotatable bonds is 5. The monoisotopic (exact) mass is 260 g/mol. The van der Waals surface area contributed by atoms with Crippen molar-refractivity contribution in [3.63, 3.8) is 0 Å². The molecule has 19 heavy (non-hydrogen) atoms. The number of amides is 1. The van der Waals surface area contributed by atoms with Crippen LogP contribution in [0.4, 0.5) is 0 Å². The van der Waals surface area contributed by atoms with Crippen molar-refractivity contribution in [3.05, 3.63) is 36.0 Å². The molecule has 1 atom stereocenters. The van der Waals surface area contributed by atoms with Gasteiger partial charge in [0.25, 0.3) is 0 Å². The number of carbonyl (C=O) groups is 1. The molecule has 0 bridgehead atoms. The van der Waals surface area contributed by atoms with Gasteiger partial charge in [0.15, 0.2) is 0 Å². The summed E-state index contributed by atoms with van der Waals surface area (Å²) in [5.74, 6) is 0.00243. The summed E-state index contributed by atoms with van der Waals surface area (Å²) in [5, 5.41) is 4.07. The summed E-state index contributed by atoms with van der Waals surface area (Å²) in [6.45, 7) is 4.85. The smallest absolute Gasteiger partial charge is 0.240 e. The van der Waals surface area contributed by atoms with E-state index in [1.54, 1.807) is 7.11 Å². The zero-order valence-electron chi connectivity index (χ0n) is 11.6. The predicted octanol–water partition coefficient (Wildman–Crippen LogP) is 2.10. The Hall–Kier alpha value is -1.81. The summed E-state index contributed by atoms with van der Waals surface area (Å²) in [6.07, 6.45) is 1.95. The number of ether oxygens (including phenoxy) is 1. The van der Waals surface area contributed by atoms with Crippen molar-refractivity contribution in [3.8, 4) is 0 Å². The molecule has 0 saturated carbocycles. The van der Waals surface area contributed by atoms with Crippen LogP contribution < -0.4 is 5.32 Å². The fraction of sp³-hybridized carbons (Fsp3) is 0.400. The maximum absolute atomic E-state index is 11.9. The molecule has 1 aromatic heterocycles. The highest BCUT2D eigenvalue weighted by atomic mass is 16.5. The lowest BCUT2D eigenvalue weighted by molar-refractivity contribution is -0.122. The molecule has 0 radical (unpaired) electrons. The standard InChI is InChI=1S/C15H20N2O2/c1-11-4-5-14-13(8-11)6-7-17(14)9-15(18)16-12(2)10-19-3/h4-8,12H,9-10H2,1-3H3,(H,16,18). The van der Waals surface area contributed by atoms with Crippen molar-refractivity contribution in [2.24, 2.45) is 0 Å². The van der Waals surface area contributed by atoms with E-state index in [1.165, 1.54) is 5.56 Å². The van der Waals surface area contributed by atoms with Crippen LogP contribution in [0.15, 0.2) is 30.5 Å². The molecule has 1 aromatic carbocycles. The highest BCUT2D eigenvalue weighted by Crippen LogP contribution is 2.17. The molecule has 0 saturated heterocycles. The number of methoxy groups -OCH3 is 1. The van der Waals surface area contributed by atoms with Crippen molar-refractivity contribution in [1.29, 1.82) is 0 Å². The molecule has 0 spiro atoms. The molecule has 1 unspecified atom stereocenters. The van der Waals surface area contributed by atoms with Gasteiger partial charge in [0, 0.05) is 24.9 Å². The minimum Gasteiger partial charge on any atom is -0.383 e. The number of carbonyl (C=O) groups excluding carboxylic acids is 1. The van der Waals surface area contributed by atoms with E-state index in [-0.39, 0.29) is 11.9 Å². The van der Waals surface area contributed by atoms with Crippen LogP contribution >= 0.6 is 0 Å². The molecule has 0 aliphatic heterocycles. The molecule has 2 rings (SSSR count). The Morgan fingerprint density at radius 3 is 2.95 bits per heavy atom. The molecular weight excluding hydrogens is 240 g/mol. The van der Waals surface area contributed by atoms with Gasteiger partial charge in [-0.3, -0.25) is 4.79 Å². The summed E-state index contributed by atoms with van der Waals surface area (Å²) in [4.78, 5) is 11.9. The molecule has 0 aliphatic carbocycles. The van der Waals surface area contributed by atoms with Crippen LogP contribution in [-0.2, 0) is 16.1 Å². The lowest BCUT2D eigenvalue weighted by Crippen LogP contribution is -2.37. The number of aryl methyl sites for hydroxylation is 1. The topological polar surface area (TPSA) is 43.3 Å². The van der Waals surface area contributed by atoms with E-state index in [0.29, 0.717) is 13.2 Å². The number of nitrogens with one attached hydrogen (secondary N) is 1. The first-order valence-electron chi connectivity index (χ1n) is 6.44. The van der Waals surface area contributed by atoms with Crippen LogP contribution in [0.25, 0.3) is 10.9 Å². The van der Waals surface area contributed by atoms with Gasteiger partial charge in [-0.1, -0.05) is 11.6 Å². The van der Waals surface area contributed by atoms with Crippen molar-refractivity contribution in [2.75, 3.05) is 13.7 Å². The summed E-state index contributed by atoms with van der Waals surface area (Å²) in [5.41, 5.74) is 2.31. The predicted molar refractivity (Wildman–Crippen MR) is 76.2 cm³/mol. The first-order chi connectivity index (χ1) is 9.10. The normalized spacial score (nSPS) is 12.6. The highest BCUT2D eigenvalue weighted by Gasteiger charge is 2.09. The van der Waals surface area contributed by atoms with Crippen molar-refractivity contribution in [2.45, 2.75) is 26.4 Å². The number of benzene rings is 1. The third-order valence-corrected chi connectivity index (χ3v) is 3.06. The molecule has 0 aliphatic rings. The molecule has 102 valence electrons. The number of hydrogen-bond acceptors (Lipinski definition) is 2. The van der Waals surface area contributed by atoms with E-state index in [9.17, 15) is 4.79 Å².